The van der Waals surface area contributed by atoms with Crippen LogP contribution in [-0.4, -0.2) is 6.10 Å². The number of rotatable bonds is 4. The maximum atomic E-state index is 5.72. The molecule has 94 valence electrons. The van der Waals surface area contributed by atoms with Crippen LogP contribution in [0.15, 0.2) is 53.0 Å². The topological polar surface area (TPSA) is 18.5 Å². The summed E-state index contributed by atoms with van der Waals surface area (Å²) in [6, 6.07) is 15.4. The Morgan fingerprint density at radius 1 is 0.778 bits per heavy atom. The fourth-order valence-corrected chi connectivity index (χ4v) is 1.76. The zero-order valence-corrected chi connectivity index (χ0v) is 12.0. The average Bonchev–Trinajstić information content (AvgIpc) is 2.34. The zero-order chi connectivity index (χ0) is 13.0. The Balaban J connectivity index is 2.04. The van der Waals surface area contributed by atoms with Gasteiger partial charge >= 0.3 is 0 Å². The Hall–Kier alpha value is -1.48. The highest BCUT2D eigenvalue weighted by Crippen LogP contribution is 2.25. The molecule has 0 unspecified atom stereocenters. The number of hydrogen-bond acceptors (Lipinski definition) is 2. The predicted molar refractivity (Wildman–Crippen MR) is 76.4 cm³/mol. The minimum atomic E-state index is 0.184. The molecule has 0 amide bonds. The van der Waals surface area contributed by atoms with Crippen LogP contribution in [0, 0.1) is 0 Å². The highest BCUT2D eigenvalue weighted by Gasteiger charge is 2.00. The Morgan fingerprint density at radius 3 is 1.72 bits per heavy atom. The molecule has 0 aromatic heterocycles. The second-order valence-corrected chi connectivity index (χ2v) is 5.11. The molecule has 2 aromatic rings. The number of hydrogen-bond donors (Lipinski definition) is 0. The van der Waals surface area contributed by atoms with E-state index in [0.29, 0.717) is 0 Å². The van der Waals surface area contributed by atoms with E-state index in [2.05, 4.69) is 15.9 Å². The first-order valence-electron chi connectivity index (χ1n) is 5.83. The molecule has 0 atom stereocenters. The maximum Gasteiger partial charge on any atom is 0.127 e. The second-order valence-electron chi connectivity index (χ2n) is 4.19. The van der Waals surface area contributed by atoms with Gasteiger partial charge in [-0.2, -0.15) is 0 Å². The van der Waals surface area contributed by atoms with E-state index < -0.39 is 0 Å². The first kappa shape index (κ1) is 13.0. The van der Waals surface area contributed by atoms with Crippen LogP contribution < -0.4 is 9.47 Å². The molecule has 2 nitrogen and oxygen atoms in total. The van der Waals surface area contributed by atoms with E-state index >= 15 is 0 Å². The summed E-state index contributed by atoms with van der Waals surface area (Å²) in [6.45, 7) is 4.01. The summed E-state index contributed by atoms with van der Waals surface area (Å²) in [5.41, 5.74) is 0. The van der Waals surface area contributed by atoms with Crippen LogP contribution >= 0.6 is 15.9 Å². The smallest absolute Gasteiger partial charge is 0.127 e. The van der Waals surface area contributed by atoms with Crippen molar-refractivity contribution in [1.29, 1.82) is 0 Å². The molecule has 0 bridgehead atoms. The molecule has 0 heterocycles. The fourth-order valence-electron chi connectivity index (χ4n) is 1.50. The first-order chi connectivity index (χ1) is 8.63. The molecule has 18 heavy (non-hydrogen) atoms. The summed E-state index contributed by atoms with van der Waals surface area (Å²) in [4.78, 5) is 0. The van der Waals surface area contributed by atoms with E-state index in [4.69, 9.17) is 9.47 Å². The molecule has 0 spiro atoms. The van der Waals surface area contributed by atoms with E-state index in [1.165, 1.54) is 0 Å². The van der Waals surface area contributed by atoms with Crippen molar-refractivity contribution in [3.8, 4) is 17.2 Å². The molecule has 0 aliphatic carbocycles. The Labute approximate surface area is 116 Å². The van der Waals surface area contributed by atoms with Crippen LogP contribution in [-0.2, 0) is 0 Å². The lowest BCUT2D eigenvalue weighted by molar-refractivity contribution is 0.242. The number of benzene rings is 2. The van der Waals surface area contributed by atoms with Crippen molar-refractivity contribution >= 4 is 15.9 Å². The van der Waals surface area contributed by atoms with Crippen LogP contribution in [0.1, 0.15) is 13.8 Å². The summed E-state index contributed by atoms with van der Waals surface area (Å²) in [5, 5.41) is 0. The molecule has 3 heteroatoms. The van der Waals surface area contributed by atoms with Gasteiger partial charge in [-0.3, -0.25) is 0 Å². The molecule has 0 fully saturated rings. The molecule has 0 N–H and O–H groups in total. The van der Waals surface area contributed by atoms with Crippen LogP contribution in [0.3, 0.4) is 0 Å². The van der Waals surface area contributed by atoms with Gasteiger partial charge in [0, 0.05) is 4.47 Å². The molecule has 2 rings (SSSR count). The van der Waals surface area contributed by atoms with E-state index in [1.807, 2.05) is 62.4 Å². The van der Waals surface area contributed by atoms with E-state index in [0.717, 1.165) is 21.7 Å². The van der Waals surface area contributed by atoms with Gasteiger partial charge in [0.2, 0.25) is 0 Å². The molecular weight excluding hydrogens is 292 g/mol. The third kappa shape index (κ3) is 3.77. The summed E-state index contributed by atoms with van der Waals surface area (Å²) in [7, 11) is 0. The minimum Gasteiger partial charge on any atom is -0.491 e. The van der Waals surface area contributed by atoms with Crippen LogP contribution in [0.4, 0.5) is 0 Å². The zero-order valence-electron chi connectivity index (χ0n) is 10.4. The van der Waals surface area contributed by atoms with E-state index in [9.17, 15) is 0 Å². The molecule has 0 aliphatic rings. The van der Waals surface area contributed by atoms with Crippen molar-refractivity contribution in [1.82, 2.24) is 0 Å². The summed E-state index contributed by atoms with van der Waals surface area (Å²) < 4.78 is 12.3. The average molecular weight is 307 g/mol. The van der Waals surface area contributed by atoms with Crippen molar-refractivity contribution in [3.05, 3.63) is 53.0 Å². The van der Waals surface area contributed by atoms with Gasteiger partial charge in [-0.15, -0.1) is 0 Å². The van der Waals surface area contributed by atoms with Gasteiger partial charge in [-0.05, 0) is 62.4 Å². The number of ether oxygens (including phenoxy) is 2. The summed E-state index contributed by atoms with van der Waals surface area (Å²) in [6.07, 6.45) is 0.184. The SMILES string of the molecule is CC(C)Oc1ccc(Oc2ccc(Br)cc2)cc1. The quantitative estimate of drug-likeness (QED) is 0.789. The molecule has 0 saturated carbocycles. The minimum absolute atomic E-state index is 0.184. The lowest BCUT2D eigenvalue weighted by Gasteiger charge is -2.10. The van der Waals surface area contributed by atoms with Gasteiger partial charge in [0.1, 0.15) is 17.2 Å². The Kier molecular flexibility index (Phi) is 4.26. The van der Waals surface area contributed by atoms with Gasteiger partial charge in [-0.25, -0.2) is 0 Å². The molecule has 0 saturated heterocycles. The molecule has 0 radical (unpaired) electrons. The monoisotopic (exact) mass is 306 g/mol. The highest BCUT2D eigenvalue weighted by molar-refractivity contribution is 9.10. The summed E-state index contributed by atoms with van der Waals surface area (Å²) in [5.74, 6) is 2.47. The fraction of sp³-hybridized carbons (Fsp3) is 0.200. The van der Waals surface area contributed by atoms with Gasteiger partial charge in [-0.1, -0.05) is 15.9 Å². The van der Waals surface area contributed by atoms with Crippen molar-refractivity contribution < 1.29 is 9.47 Å². The van der Waals surface area contributed by atoms with Crippen molar-refractivity contribution in [2.24, 2.45) is 0 Å². The molecular formula is C15H15BrO2. The van der Waals surface area contributed by atoms with Crippen LogP contribution in [0.5, 0.6) is 17.2 Å². The van der Waals surface area contributed by atoms with Crippen molar-refractivity contribution in [2.45, 2.75) is 20.0 Å². The Morgan fingerprint density at radius 2 is 1.22 bits per heavy atom. The van der Waals surface area contributed by atoms with Crippen LogP contribution in [0.25, 0.3) is 0 Å². The summed E-state index contributed by atoms with van der Waals surface area (Å²) >= 11 is 3.39. The predicted octanol–water partition coefficient (Wildman–Crippen LogP) is 5.03. The normalized spacial score (nSPS) is 10.4. The van der Waals surface area contributed by atoms with Crippen molar-refractivity contribution in [3.63, 3.8) is 0 Å². The lowest BCUT2D eigenvalue weighted by atomic mass is 10.3. The van der Waals surface area contributed by atoms with Gasteiger partial charge in [0.15, 0.2) is 0 Å². The third-order valence-corrected chi connectivity index (χ3v) is 2.77. The largest absolute Gasteiger partial charge is 0.491 e. The second kappa shape index (κ2) is 5.91. The maximum absolute atomic E-state index is 5.72. The van der Waals surface area contributed by atoms with E-state index in [-0.39, 0.29) is 6.10 Å². The van der Waals surface area contributed by atoms with Gasteiger partial charge in [0.05, 0.1) is 6.10 Å². The van der Waals surface area contributed by atoms with Crippen LogP contribution in [0.2, 0.25) is 0 Å². The standard InChI is InChI=1S/C15H15BrO2/c1-11(2)17-13-7-9-15(10-8-13)18-14-5-3-12(16)4-6-14/h3-11H,1-2H3. The molecule has 2 aromatic carbocycles. The molecule has 0 aliphatic heterocycles. The van der Waals surface area contributed by atoms with Gasteiger partial charge in [0.25, 0.3) is 0 Å². The third-order valence-electron chi connectivity index (χ3n) is 2.24. The number of halogens is 1. The highest BCUT2D eigenvalue weighted by atomic mass is 79.9. The Bertz CT molecular complexity index is 489. The lowest BCUT2D eigenvalue weighted by Crippen LogP contribution is -2.05. The first-order valence-corrected chi connectivity index (χ1v) is 6.63. The van der Waals surface area contributed by atoms with E-state index in [1.54, 1.807) is 0 Å². The van der Waals surface area contributed by atoms with Crippen molar-refractivity contribution in [2.75, 3.05) is 0 Å². The van der Waals surface area contributed by atoms with Gasteiger partial charge < -0.3 is 9.47 Å².